The molecular weight excluding hydrogens is 624 g/mol. The summed E-state index contributed by atoms with van der Waals surface area (Å²) >= 11 is 0. The van der Waals surface area contributed by atoms with Gasteiger partial charge in [-0.1, -0.05) is 34.6 Å². The molecule has 3 rings (SSSR count). The van der Waals surface area contributed by atoms with Gasteiger partial charge in [0, 0.05) is 70.0 Å². The molecule has 11 nitrogen and oxygen atoms in total. The van der Waals surface area contributed by atoms with Crippen LogP contribution in [0, 0.1) is 28.6 Å². The van der Waals surface area contributed by atoms with Crippen LogP contribution in [0.1, 0.15) is 88.0 Å². The number of ketones is 1. The number of hydrogen-bond acceptors (Lipinski definition) is 10. The summed E-state index contributed by atoms with van der Waals surface area (Å²) in [5.41, 5.74) is -2.36. The number of methoxy groups -OCH3 is 1. The monoisotopic (exact) mass is 695 g/mol. The minimum atomic E-state index is -1.40. The molecule has 0 N–H and O–H groups in total. The normalized spacial score (nSPS) is 34.6. The van der Waals surface area contributed by atoms with Crippen LogP contribution in [0.2, 0.25) is 0 Å². The Balaban J connectivity index is 1.84. The fourth-order valence-corrected chi connectivity index (χ4v) is 8.39. The van der Waals surface area contributed by atoms with Crippen molar-refractivity contribution in [3.05, 3.63) is 0 Å². The molecule has 0 saturated carbocycles. The molecular formula is C38H70N4O7. The van der Waals surface area contributed by atoms with Crippen LogP contribution in [0.15, 0.2) is 0 Å². The van der Waals surface area contributed by atoms with E-state index in [0.717, 1.165) is 26.1 Å². The second kappa shape index (κ2) is 16.8. The quantitative estimate of drug-likeness (QED) is 0.245. The molecule has 3 aliphatic rings. The number of amides is 1. The third kappa shape index (κ3) is 10.5. The van der Waals surface area contributed by atoms with E-state index >= 15 is 0 Å². The lowest BCUT2D eigenvalue weighted by Crippen LogP contribution is -2.60. The van der Waals surface area contributed by atoms with Gasteiger partial charge in [-0.2, -0.15) is 0 Å². The van der Waals surface area contributed by atoms with E-state index in [2.05, 4.69) is 77.5 Å². The van der Waals surface area contributed by atoms with Gasteiger partial charge in [-0.3, -0.25) is 19.3 Å². The molecule has 1 amide bonds. The van der Waals surface area contributed by atoms with E-state index in [4.69, 9.17) is 18.9 Å². The molecule has 3 heterocycles. The Hall–Kier alpha value is -1.63. The van der Waals surface area contributed by atoms with Gasteiger partial charge in [0.05, 0.1) is 17.8 Å². The predicted molar refractivity (Wildman–Crippen MR) is 192 cm³/mol. The fourth-order valence-electron chi connectivity index (χ4n) is 8.39. The first-order valence-electron chi connectivity index (χ1n) is 18.5. The van der Waals surface area contributed by atoms with Crippen molar-refractivity contribution in [1.82, 2.24) is 19.6 Å². The number of rotatable bonds is 10. The molecule has 0 spiro atoms. The number of cyclic esters (lactones) is 1. The highest BCUT2D eigenvalue weighted by Gasteiger charge is 2.51. The SMILES string of the molecule is CCN(C)CC(C)(C)CC(=O)N1CC(C2COC(=O)C(C)(C)C(=O)[C@H](C)[C@@H](O[C@H]3C[C@@H](N(C)C)C[C@@H](C)O3)[C@](C)(OC)C[C@@H](C)CN2C)C1. The van der Waals surface area contributed by atoms with E-state index in [-0.39, 0.29) is 53.7 Å². The van der Waals surface area contributed by atoms with E-state index in [1.165, 1.54) is 0 Å². The van der Waals surface area contributed by atoms with Crippen LogP contribution in [0.3, 0.4) is 0 Å². The second-order valence-electron chi connectivity index (χ2n) is 17.5. The molecule has 3 saturated heterocycles. The third-order valence-corrected chi connectivity index (χ3v) is 11.5. The first kappa shape index (κ1) is 41.8. The van der Waals surface area contributed by atoms with E-state index in [9.17, 15) is 14.4 Å². The van der Waals surface area contributed by atoms with Crippen LogP contribution >= 0.6 is 0 Å². The summed E-state index contributed by atoms with van der Waals surface area (Å²) in [6, 6.07) is 0.186. The number of carbonyl (C=O) groups excluding carboxylic acids is 3. The molecule has 8 atom stereocenters. The van der Waals surface area contributed by atoms with Crippen LogP contribution < -0.4 is 0 Å². The van der Waals surface area contributed by atoms with Crippen LogP contribution in [-0.2, 0) is 33.3 Å². The van der Waals surface area contributed by atoms with Gasteiger partial charge in [-0.15, -0.1) is 0 Å². The lowest BCUT2D eigenvalue weighted by atomic mass is 9.74. The molecule has 0 aliphatic carbocycles. The summed E-state index contributed by atoms with van der Waals surface area (Å²) in [5, 5.41) is 0. The Kier molecular flexibility index (Phi) is 14.3. The lowest BCUT2D eigenvalue weighted by molar-refractivity contribution is -0.263. The van der Waals surface area contributed by atoms with Crippen molar-refractivity contribution in [3.8, 4) is 0 Å². The minimum Gasteiger partial charge on any atom is -0.463 e. The average Bonchev–Trinajstić information content (AvgIpc) is 2.98. The molecule has 11 heteroatoms. The van der Waals surface area contributed by atoms with Crippen molar-refractivity contribution in [1.29, 1.82) is 0 Å². The highest BCUT2D eigenvalue weighted by atomic mass is 16.7. The van der Waals surface area contributed by atoms with Crippen molar-refractivity contribution in [2.45, 2.75) is 124 Å². The zero-order valence-corrected chi connectivity index (χ0v) is 33.3. The van der Waals surface area contributed by atoms with Crippen LogP contribution in [0.4, 0.5) is 0 Å². The molecule has 0 aromatic rings. The number of ether oxygens (including phenoxy) is 4. The van der Waals surface area contributed by atoms with Crippen LogP contribution in [-0.4, -0.2) is 148 Å². The van der Waals surface area contributed by atoms with Crippen LogP contribution in [0.5, 0.6) is 0 Å². The second-order valence-corrected chi connectivity index (χ2v) is 17.5. The fraction of sp³-hybridized carbons (Fsp3) is 0.921. The van der Waals surface area contributed by atoms with Gasteiger partial charge in [0.15, 0.2) is 12.1 Å². The maximum Gasteiger partial charge on any atom is 0.319 e. The highest BCUT2D eigenvalue weighted by Crippen LogP contribution is 2.39. The van der Waals surface area contributed by atoms with Gasteiger partial charge in [-0.25, -0.2) is 0 Å². The van der Waals surface area contributed by atoms with Gasteiger partial charge in [0.2, 0.25) is 5.91 Å². The predicted octanol–water partition coefficient (Wildman–Crippen LogP) is 4.17. The summed E-state index contributed by atoms with van der Waals surface area (Å²) in [6.45, 7) is 21.8. The van der Waals surface area contributed by atoms with Gasteiger partial charge in [0.25, 0.3) is 0 Å². The van der Waals surface area contributed by atoms with Crippen LogP contribution in [0.25, 0.3) is 0 Å². The zero-order valence-electron chi connectivity index (χ0n) is 33.3. The summed E-state index contributed by atoms with van der Waals surface area (Å²) in [5.74, 6) is -0.979. The topological polar surface area (TPSA) is 101 Å². The van der Waals surface area contributed by atoms with Crippen molar-refractivity contribution in [3.63, 3.8) is 0 Å². The molecule has 0 aromatic carbocycles. The number of carbonyl (C=O) groups is 3. The minimum absolute atomic E-state index is 0.00335. The standard InChI is InChI=1S/C38H70N4O7/c1-15-40(12)24-36(5,6)19-31(43)42-21-28(22-42)30-23-47-35(45)37(7,8)33(44)27(4)34(38(9,46-14)18-25(2)20-41(30)13)49-32-17-29(39(10)11)16-26(3)48-32/h25-30,32,34H,15-24H2,1-14H3/t25-,26-,27+,29+,30?,32+,34-,38-/m1/s1. The Bertz CT molecular complexity index is 1130. The number of esters is 1. The molecule has 284 valence electrons. The summed E-state index contributed by atoms with van der Waals surface area (Å²) in [6.07, 6.45) is 1.53. The Morgan fingerprint density at radius 1 is 1.04 bits per heavy atom. The number of nitrogens with zero attached hydrogens (tertiary/aromatic N) is 4. The Labute approximate surface area is 297 Å². The Morgan fingerprint density at radius 2 is 1.67 bits per heavy atom. The zero-order chi connectivity index (χ0) is 37.1. The summed E-state index contributed by atoms with van der Waals surface area (Å²) in [7, 11) is 9.96. The average molecular weight is 695 g/mol. The smallest absolute Gasteiger partial charge is 0.319 e. The lowest BCUT2D eigenvalue weighted by Gasteiger charge is -2.47. The summed E-state index contributed by atoms with van der Waals surface area (Å²) in [4.78, 5) is 50.0. The molecule has 49 heavy (non-hydrogen) atoms. The van der Waals surface area contributed by atoms with E-state index in [0.29, 0.717) is 32.4 Å². The number of hydrogen-bond donors (Lipinski definition) is 0. The maximum absolute atomic E-state index is 14.3. The molecule has 0 radical (unpaired) electrons. The summed E-state index contributed by atoms with van der Waals surface area (Å²) < 4.78 is 25.4. The van der Waals surface area contributed by atoms with Crippen molar-refractivity contribution < 1.29 is 33.3 Å². The number of likely N-dealkylation sites (tertiary alicyclic amines) is 1. The first-order valence-corrected chi connectivity index (χ1v) is 18.5. The number of Topliss-reactive ketones (excluding diaryl/α,β-unsaturated/α-hetero) is 1. The van der Waals surface area contributed by atoms with Crippen molar-refractivity contribution >= 4 is 17.7 Å². The van der Waals surface area contributed by atoms with Gasteiger partial charge >= 0.3 is 5.97 Å². The molecule has 0 aromatic heterocycles. The van der Waals surface area contributed by atoms with E-state index in [1.807, 2.05) is 18.7 Å². The number of likely N-dealkylation sites (N-methyl/N-ethyl adjacent to an activating group) is 1. The first-order chi connectivity index (χ1) is 22.6. The van der Waals surface area contributed by atoms with Gasteiger partial charge in [0.1, 0.15) is 12.0 Å². The van der Waals surface area contributed by atoms with Gasteiger partial charge in [-0.05, 0) is 86.6 Å². The third-order valence-electron chi connectivity index (χ3n) is 11.5. The molecule has 0 bridgehead atoms. The van der Waals surface area contributed by atoms with E-state index in [1.54, 1.807) is 21.0 Å². The van der Waals surface area contributed by atoms with Gasteiger partial charge < -0.3 is 33.6 Å². The Morgan fingerprint density at radius 3 is 2.24 bits per heavy atom. The molecule has 3 aliphatic heterocycles. The molecule has 3 fully saturated rings. The maximum atomic E-state index is 14.3. The largest absolute Gasteiger partial charge is 0.463 e. The van der Waals surface area contributed by atoms with Crippen molar-refractivity contribution in [2.75, 3.05) is 74.6 Å². The van der Waals surface area contributed by atoms with E-state index < -0.39 is 35.3 Å². The highest BCUT2D eigenvalue weighted by molar-refractivity contribution is 6.04. The van der Waals surface area contributed by atoms with Crippen molar-refractivity contribution in [2.24, 2.45) is 28.6 Å². The molecule has 1 unspecified atom stereocenters.